The van der Waals surface area contributed by atoms with Gasteiger partial charge in [0.25, 0.3) is 0 Å². The Kier molecular flexibility index (Phi) is 5.86. The summed E-state index contributed by atoms with van der Waals surface area (Å²) in [4.78, 5) is 25.3. The smallest absolute Gasteiger partial charge is 0.336 e. The fourth-order valence-corrected chi connectivity index (χ4v) is 3.23. The third-order valence-electron chi connectivity index (χ3n) is 3.37. The van der Waals surface area contributed by atoms with Gasteiger partial charge < -0.3 is 10.2 Å². The number of thiophene rings is 1. The number of carboxylic acids is 1. The lowest BCUT2D eigenvalue weighted by atomic mass is 10.0. The molecule has 0 spiro atoms. The molecule has 22 heavy (non-hydrogen) atoms. The topological polar surface area (TPSA) is 74.6 Å². The maximum Gasteiger partial charge on any atom is 0.336 e. The second-order valence-corrected chi connectivity index (χ2v) is 6.15. The van der Waals surface area contributed by atoms with E-state index in [4.69, 9.17) is 10.2 Å². The van der Waals surface area contributed by atoms with Crippen LogP contribution in [-0.2, 0) is 6.42 Å². The highest BCUT2D eigenvalue weighted by Crippen LogP contribution is 2.23. The van der Waals surface area contributed by atoms with E-state index >= 15 is 0 Å². The number of rotatable bonds is 8. The molecule has 0 aliphatic rings. The molecule has 1 aromatic carbocycles. The Morgan fingerprint density at radius 3 is 2.36 bits per heavy atom. The minimum atomic E-state index is -1.09. The predicted octanol–water partition coefficient (Wildman–Crippen LogP) is 3.38. The van der Waals surface area contributed by atoms with Crippen LogP contribution in [0.15, 0.2) is 36.4 Å². The number of ketones is 1. The Labute approximate surface area is 133 Å². The summed E-state index contributed by atoms with van der Waals surface area (Å²) in [6.45, 7) is 0.208. The van der Waals surface area contributed by atoms with E-state index in [1.165, 1.54) is 17.4 Å². The zero-order valence-corrected chi connectivity index (χ0v) is 12.9. The van der Waals surface area contributed by atoms with Gasteiger partial charge >= 0.3 is 5.97 Å². The predicted molar refractivity (Wildman–Crippen MR) is 85.8 cm³/mol. The number of aliphatic hydroxyl groups is 1. The van der Waals surface area contributed by atoms with Gasteiger partial charge in [-0.25, -0.2) is 4.79 Å². The van der Waals surface area contributed by atoms with Gasteiger partial charge in [-0.05, 0) is 37.5 Å². The molecule has 0 bridgehead atoms. The van der Waals surface area contributed by atoms with Crippen molar-refractivity contribution in [1.29, 1.82) is 0 Å². The van der Waals surface area contributed by atoms with Gasteiger partial charge in [-0.1, -0.05) is 24.6 Å². The first-order valence-electron chi connectivity index (χ1n) is 7.20. The molecule has 0 atom stereocenters. The standard InChI is InChI=1S/C17H18O4S/c18-11-5-1-2-6-12-9-10-15(22-12)16(19)13-7-3-4-8-14(13)17(20)21/h3-4,7-10,18H,1-2,5-6,11H2,(H,20,21). The Hall–Kier alpha value is -1.98. The number of carboxylic acid groups (broad SMARTS) is 1. The van der Waals surface area contributed by atoms with Gasteiger partial charge in [0.15, 0.2) is 0 Å². The molecule has 0 amide bonds. The van der Waals surface area contributed by atoms with E-state index in [-0.39, 0.29) is 23.5 Å². The number of aromatic carboxylic acids is 1. The van der Waals surface area contributed by atoms with E-state index in [1.807, 2.05) is 6.07 Å². The lowest BCUT2D eigenvalue weighted by Gasteiger charge is -2.03. The molecule has 0 fully saturated rings. The maximum absolute atomic E-state index is 12.5. The van der Waals surface area contributed by atoms with E-state index in [0.29, 0.717) is 4.88 Å². The van der Waals surface area contributed by atoms with Gasteiger partial charge in [0.05, 0.1) is 10.4 Å². The monoisotopic (exact) mass is 318 g/mol. The summed E-state index contributed by atoms with van der Waals surface area (Å²) >= 11 is 1.41. The molecule has 2 aromatic rings. The van der Waals surface area contributed by atoms with Gasteiger partial charge in [-0.3, -0.25) is 4.79 Å². The molecule has 0 radical (unpaired) electrons. The SMILES string of the molecule is O=C(O)c1ccccc1C(=O)c1ccc(CCCCCO)s1. The normalized spacial score (nSPS) is 10.6. The highest BCUT2D eigenvalue weighted by molar-refractivity contribution is 7.14. The van der Waals surface area contributed by atoms with E-state index in [2.05, 4.69) is 0 Å². The molecule has 0 saturated heterocycles. The number of hydrogen-bond acceptors (Lipinski definition) is 4. The van der Waals surface area contributed by atoms with Gasteiger partial charge in [0.2, 0.25) is 5.78 Å². The molecule has 4 nitrogen and oxygen atoms in total. The van der Waals surface area contributed by atoms with Crippen molar-refractivity contribution in [3.8, 4) is 0 Å². The molecule has 2 rings (SSSR count). The van der Waals surface area contributed by atoms with E-state index in [9.17, 15) is 9.59 Å². The van der Waals surface area contributed by atoms with Crippen LogP contribution in [0, 0.1) is 0 Å². The molecule has 0 aliphatic heterocycles. The summed E-state index contributed by atoms with van der Waals surface area (Å²) in [7, 11) is 0. The minimum absolute atomic E-state index is 0.0328. The molecule has 1 heterocycles. The van der Waals surface area contributed by atoms with Crippen molar-refractivity contribution < 1.29 is 19.8 Å². The van der Waals surface area contributed by atoms with Crippen molar-refractivity contribution in [3.05, 3.63) is 57.3 Å². The van der Waals surface area contributed by atoms with Crippen molar-refractivity contribution in [2.75, 3.05) is 6.61 Å². The minimum Gasteiger partial charge on any atom is -0.478 e. The van der Waals surface area contributed by atoms with Crippen LogP contribution in [-0.4, -0.2) is 28.6 Å². The average Bonchev–Trinajstić information content (AvgIpc) is 2.99. The number of unbranched alkanes of at least 4 members (excludes halogenated alkanes) is 2. The number of carbonyl (C=O) groups excluding carboxylic acids is 1. The molecular formula is C17H18O4S. The van der Waals surface area contributed by atoms with Crippen molar-refractivity contribution in [2.45, 2.75) is 25.7 Å². The van der Waals surface area contributed by atoms with Crippen LogP contribution in [0.4, 0.5) is 0 Å². The fourth-order valence-electron chi connectivity index (χ4n) is 2.22. The number of benzene rings is 1. The molecule has 2 N–H and O–H groups in total. The van der Waals surface area contributed by atoms with Crippen molar-refractivity contribution in [2.24, 2.45) is 0 Å². The molecule has 116 valence electrons. The third-order valence-corrected chi connectivity index (χ3v) is 4.51. The fraction of sp³-hybridized carbons (Fsp3) is 0.294. The first-order chi connectivity index (χ1) is 10.6. The van der Waals surface area contributed by atoms with Crippen LogP contribution in [0.25, 0.3) is 0 Å². The van der Waals surface area contributed by atoms with Gasteiger partial charge in [0, 0.05) is 17.0 Å². The highest BCUT2D eigenvalue weighted by atomic mass is 32.1. The van der Waals surface area contributed by atoms with Gasteiger partial charge in [0.1, 0.15) is 0 Å². The van der Waals surface area contributed by atoms with Crippen molar-refractivity contribution in [1.82, 2.24) is 0 Å². The first-order valence-corrected chi connectivity index (χ1v) is 8.01. The molecule has 0 aliphatic carbocycles. The van der Waals surface area contributed by atoms with Gasteiger partial charge in [-0.15, -0.1) is 11.3 Å². The second-order valence-electron chi connectivity index (χ2n) is 4.98. The highest BCUT2D eigenvalue weighted by Gasteiger charge is 2.18. The Morgan fingerprint density at radius 1 is 0.955 bits per heavy atom. The Balaban J connectivity index is 2.11. The molecule has 0 saturated carbocycles. The zero-order chi connectivity index (χ0) is 15.9. The van der Waals surface area contributed by atoms with Crippen LogP contribution in [0.1, 0.15) is 49.7 Å². The summed E-state index contributed by atoms with van der Waals surface area (Å²) in [5, 5.41) is 17.9. The third kappa shape index (κ3) is 4.02. The van der Waals surface area contributed by atoms with E-state index in [0.717, 1.165) is 30.6 Å². The largest absolute Gasteiger partial charge is 0.478 e. The number of hydrogen-bond donors (Lipinski definition) is 2. The Morgan fingerprint density at radius 2 is 1.68 bits per heavy atom. The van der Waals surface area contributed by atoms with E-state index in [1.54, 1.807) is 24.3 Å². The lowest BCUT2D eigenvalue weighted by molar-refractivity contribution is 0.0693. The molecule has 5 heteroatoms. The Bertz CT molecular complexity index is 660. The summed E-state index contributed by atoms with van der Waals surface area (Å²) in [5.41, 5.74) is 0.258. The second kappa shape index (κ2) is 7.87. The molecular weight excluding hydrogens is 300 g/mol. The van der Waals surface area contributed by atoms with Crippen molar-refractivity contribution in [3.63, 3.8) is 0 Å². The van der Waals surface area contributed by atoms with Crippen LogP contribution in [0.3, 0.4) is 0 Å². The van der Waals surface area contributed by atoms with Crippen LogP contribution < -0.4 is 0 Å². The maximum atomic E-state index is 12.5. The number of carbonyl (C=O) groups is 2. The van der Waals surface area contributed by atoms with Crippen LogP contribution in [0.5, 0.6) is 0 Å². The number of aliphatic hydroxyl groups excluding tert-OH is 1. The molecule has 1 aromatic heterocycles. The van der Waals surface area contributed by atoms with Crippen LogP contribution in [0.2, 0.25) is 0 Å². The lowest BCUT2D eigenvalue weighted by Crippen LogP contribution is -2.08. The van der Waals surface area contributed by atoms with Gasteiger partial charge in [-0.2, -0.15) is 0 Å². The summed E-state index contributed by atoms with van der Waals surface area (Å²) in [6.07, 6.45) is 3.60. The van der Waals surface area contributed by atoms with E-state index < -0.39 is 5.97 Å². The summed E-state index contributed by atoms with van der Waals surface area (Å²) in [5.74, 6) is -1.34. The quantitative estimate of drug-likeness (QED) is 0.578. The van der Waals surface area contributed by atoms with Crippen molar-refractivity contribution >= 4 is 23.1 Å². The van der Waals surface area contributed by atoms with Crippen LogP contribution >= 0.6 is 11.3 Å². The summed E-state index contributed by atoms with van der Waals surface area (Å²) in [6, 6.07) is 9.95. The summed E-state index contributed by atoms with van der Waals surface area (Å²) < 4.78 is 0. The molecule has 0 unspecified atom stereocenters. The first kappa shape index (κ1) is 16.4. The number of aryl methyl sites for hydroxylation is 1. The zero-order valence-electron chi connectivity index (χ0n) is 12.1. The average molecular weight is 318 g/mol.